The first-order chi connectivity index (χ1) is 8.43. The molecule has 18 heavy (non-hydrogen) atoms. The Balaban J connectivity index is 1.89. The van der Waals surface area contributed by atoms with E-state index in [0.29, 0.717) is 13.1 Å². The van der Waals surface area contributed by atoms with Gasteiger partial charge in [0.1, 0.15) is 0 Å². The molecule has 0 aromatic heterocycles. The molecule has 5 nitrogen and oxygen atoms in total. The van der Waals surface area contributed by atoms with Crippen LogP contribution in [0, 0.1) is 0 Å². The van der Waals surface area contributed by atoms with Crippen LogP contribution < -0.4 is 0 Å². The first kappa shape index (κ1) is 14.2. The highest BCUT2D eigenvalue weighted by Crippen LogP contribution is 2.23. The summed E-state index contributed by atoms with van der Waals surface area (Å²) in [5, 5.41) is 8.43. The summed E-state index contributed by atoms with van der Waals surface area (Å²) in [4.78, 5) is 2.18. The molecule has 2 fully saturated rings. The van der Waals surface area contributed by atoms with Crippen LogP contribution in [0.2, 0.25) is 0 Å². The van der Waals surface area contributed by atoms with Crippen LogP contribution in [0.4, 0.5) is 0 Å². The number of ether oxygens (including phenoxy) is 1. The van der Waals surface area contributed by atoms with Gasteiger partial charge in [0.2, 0.25) is 0 Å². The van der Waals surface area contributed by atoms with E-state index in [0.717, 1.165) is 19.4 Å². The summed E-state index contributed by atoms with van der Waals surface area (Å²) in [5.74, 6) is 0. The molecule has 2 heterocycles. The van der Waals surface area contributed by atoms with E-state index in [2.05, 4.69) is 4.90 Å². The molecule has 2 saturated heterocycles. The molecule has 0 aliphatic carbocycles. The third kappa shape index (κ3) is 2.87. The van der Waals surface area contributed by atoms with Gasteiger partial charge in [-0.1, -0.05) is 0 Å². The van der Waals surface area contributed by atoms with E-state index in [1.807, 2.05) is 0 Å². The molecule has 2 unspecified atom stereocenters. The van der Waals surface area contributed by atoms with E-state index in [9.17, 15) is 8.42 Å². The zero-order valence-electron chi connectivity index (χ0n) is 11.1. The third-order valence-electron chi connectivity index (χ3n) is 4.01. The number of hydrogen-bond acceptors (Lipinski definition) is 5. The van der Waals surface area contributed by atoms with Gasteiger partial charge in [-0.3, -0.25) is 4.90 Å². The van der Waals surface area contributed by atoms with Gasteiger partial charge in [-0.2, -0.15) is 0 Å². The van der Waals surface area contributed by atoms with E-state index in [1.165, 1.54) is 0 Å². The fraction of sp³-hybridized carbons (Fsp3) is 1.00. The second kappa shape index (κ2) is 5.45. The Bertz CT molecular complexity index is 366. The van der Waals surface area contributed by atoms with Crippen molar-refractivity contribution in [1.82, 2.24) is 4.90 Å². The maximum Gasteiger partial charge on any atom is 0.157 e. The molecular weight excluding hydrogens is 254 g/mol. The fourth-order valence-electron chi connectivity index (χ4n) is 2.89. The molecule has 2 rings (SSSR count). The van der Waals surface area contributed by atoms with E-state index in [4.69, 9.17) is 9.84 Å². The molecule has 106 valence electrons. The van der Waals surface area contributed by atoms with Crippen LogP contribution in [-0.4, -0.2) is 67.4 Å². The first-order valence-electron chi connectivity index (χ1n) is 6.65. The average Bonchev–Trinajstić information content (AvgIpc) is 2.74. The highest BCUT2D eigenvalue weighted by atomic mass is 32.2. The van der Waals surface area contributed by atoms with Crippen molar-refractivity contribution in [3.8, 4) is 0 Å². The van der Waals surface area contributed by atoms with Gasteiger partial charge < -0.3 is 9.84 Å². The Kier molecular flexibility index (Phi) is 4.31. The molecule has 2 aliphatic heterocycles. The molecule has 4 atom stereocenters. The molecule has 6 heteroatoms. The lowest BCUT2D eigenvalue weighted by Crippen LogP contribution is -2.51. The molecule has 2 aliphatic rings. The predicted octanol–water partition coefficient (Wildman–Crippen LogP) is 0.0337. The van der Waals surface area contributed by atoms with Crippen LogP contribution in [0.15, 0.2) is 0 Å². The topological polar surface area (TPSA) is 66.8 Å². The van der Waals surface area contributed by atoms with Gasteiger partial charge in [0.05, 0.1) is 29.3 Å². The SMILES string of the molecule is CC1CN(C[C@@H]2CC[C@H](CO)O2)CC(C)S1(=O)=O. The van der Waals surface area contributed by atoms with E-state index >= 15 is 0 Å². The number of aliphatic hydroxyl groups excluding tert-OH is 1. The minimum Gasteiger partial charge on any atom is -0.394 e. The van der Waals surface area contributed by atoms with E-state index in [-0.39, 0.29) is 29.3 Å². The van der Waals surface area contributed by atoms with Crippen LogP contribution in [-0.2, 0) is 14.6 Å². The molecule has 1 N–H and O–H groups in total. The van der Waals surface area contributed by atoms with Crippen LogP contribution >= 0.6 is 0 Å². The monoisotopic (exact) mass is 277 g/mol. The fourth-order valence-corrected chi connectivity index (χ4v) is 4.52. The Morgan fingerprint density at radius 2 is 1.72 bits per heavy atom. The van der Waals surface area contributed by atoms with Gasteiger partial charge in [-0.15, -0.1) is 0 Å². The van der Waals surface area contributed by atoms with Gasteiger partial charge in [-0.05, 0) is 26.7 Å². The second-order valence-corrected chi connectivity index (χ2v) is 8.36. The lowest BCUT2D eigenvalue weighted by Gasteiger charge is -2.36. The van der Waals surface area contributed by atoms with Crippen molar-refractivity contribution in [1.29, 1.82) is 0 Å². The van der Waals surface area contributed by atoms with Crippen molar-refractivity contribution in [3.63, 3.8) is 0 Å². The number of hydrogen-bond donors (Lipinski definition) is 1. The summed E-state index contributed by atoms with van der Waals surface area (Å²) >= 11 is 0. The number of rotatable bonds is 3. The lowest BCUT2D eigenvalue weighted by molar-refractivity contribution is -0.00372. The molecular formula is C12H23NO4S. The molecule has 0 spiro atoms. The number of nitrogens with zero attached hydrogens (tertiary/aromatic N) is 1. The van der Waals surface area contributed by atoms with Gasteiger partial charge in [0.25, 0.3) is 0 Å². The summed E-state index contributed by atoms with van der Waals surface area (Å²) in [5.41, 5.74) is 0. The largest absolute Gasteiger partial charge is 0.394 e. The number of sulfone groups is 1. The molecule has 0 radical (unpaired) electrons. The smallest absolute Gasteiger partial charge is 0.157 e. The Morgan fingerprint density at radius 3 is 2.22 bits per heavy atom. The van der Waals surface area contributed by atoms with Crippen LogP contribution in [0.3, 0.4) is 0 Å². The standard InChI is InChI=1S/C12H23NO4S/c1-9-5-13(6-10(2)18(9,15)16)7-11-3-4-12(8-14)17-11/h9-12,14H,3-8H2,1-2H3/t9?,10?,11-,12+/m0/s1. The zero-order chi connectivity index (χ0) is 13.3. The summed E-state index contributed by atoms with van der Waals surface area (Å²) < 4.78 is 29.5. The Labute approximate surface area is 109 Å². The van der Waals surface area contributed by atoms with Gasteiger partial charge >= 0.3 is 0 Å². The van der Waals surface area contributed by atoms with Crippen molar-refractivity contribution in [2.45, 2.75) is 49.4 Å². The van der Waals surface area contributed by atoms with Crippen LogP contribution in [0.1, 0.15) is 26.7 Å². The van der Waals surface area contributed by atoms with Gasteiger partial charge in [0, 0.05) is 19.6 Å². The van der Waals surface area contributed by atoms with Crippen molar-refractivity contribution in [2.75, 3.05) is 26.2 Å². The van der Waals surface area contributed by atoms with Gasteiger partial charge in [-0.25, -0.2) is 8.42 Å². The summed E-state index contributed by atoms with van der Waals surface area (Å²) in [6.07, 6.45) is 1.97. The minimum atomic E-state index is -2.94. The second-order valence-electron chi connectivity index (χ2n) is 5.57. The normalized spacial score (nSPS) is 41.1. The van der Waals surface area contributed by atoms with Crippen molar-refractivity contribution in [2.24, 2.45) is 0 Å². The van der Waals surface area contributed by atoms with E-state index < -0.39 is 9.84 Å². The zero-order valence-corrected chi connectivity index (χ0v) is 11.9. The molecule has 0 aromatic rings. The van der Waals surface area contributed by atoms with Crippen molar-refractivity contribution < 1.29 is 18.3 Å². The Hall–Kier alpha value is -0.170. The van der Waals surface area contributed by atoms with Crippen LogP contribution in [0.5, 0.6) is 0 Å². The highest BCUT2D eigenvalue weighted by Gasteiger charge is 2.37. The number of aliphatic hydroxyl groups is 1. The molecule has 0 bridgehead atoms. The summed E-state index contributed by atoms with van der Waals surface area (Å²) in [6.45, 7) is 5.61. The predicted molar refractivity (Wildman–Crippen MR) is 69.3 cm³/mol. The first-order valence-corrected chi connectivity index (χ1v) is 8.25. The quantitative estimate of drug-likeness (QED) is 0.788. The minimum absolute atomic E-state index is 0.0293. The average molecular weight is 277 g/mol. The Morgan fingerprint density at radius 1 is 1.17 bits per heavy atom. The lowest BCUT2D eigenvalue weighted by atomic mass is 10.2. The van der Waals surface area contributed by atoms with Crippen molar-refractivity contribution >= 4 is 9.84 Å². The van der Waals surface area contributed by atoms with E-state index in [1.54, 1.807) is 13.8 Å². The third-order valence-corrected chi connectivity index (χ3v) is 6.55. The molecule has 0 aromatic carbocycles. The maximum atomic E-state index is 11.9. The summed E-state index contributed by atoms with van der Waals surface area (Å²) in [7, 11) is -2.94. The van der Waals surface area contributed by atoms with Gasteiger partial charge in [0.15, 0.2) is 9.84 Å². The van der Waals surface area contributed by atoms with Crippen LogP contribution in [0.25, 0.3) is 0 Å². The maximum absolute atomic E-state index is 11.9. The molecule has 0 saturated carbocycles. The molecule has 0 amide bonds. The van der Waals surface area contributed by atoms with Crippen molar-refractivity contribution in [3.05, 3.63) is 0 Å². The highest BCUT2D eigenvalue weighted by molar-refractivity contribution is 7.92. The summed E-state index contributed by atoms with van der Waals surface area (Å²) in [6, 6.07) is 0.